The lowest BCUT2D eigenvalue weighted by Crippen LogP contribution is -2.40. The molecular weight excluding hydrogens is 310 g/mol. The Balaban J connectivity index is 1.62. The van der Waals surface area contributed by atoms with Crippen LogP contribution >= 0.6 is 0 Å². The Morgan fingerprint density at radius 1 is 1.29 bits per heavy atom. The van der Waals surface area contributed by atoms with Crippen molar-refractivity contribution in [2.45, 2.75) is 38.8 Å². The summed E-state index contributed by atoms with van der Waals surface area (Å²) >= 11 is 0. The maximum Gasteiger partial charge on any atom is 0.338 e. The summed E-state index contributed by atoms with van der Waals surface area (Å²) in [6, 6.07) is 1.89. The number of nitrogens with zero attached hydrogens (tertiary/aromatic N) is 5. The molecule has 8 nitrogen and oxygen atoms in total. The lowest BCUT2D eigenvalue weighted by Gasteiger charge is -2.32. The van der Waals surface area contributed by atoms with Gasteiger partial charge in [-0.15, -0.1) is 0 Å². The van der Waals surface area contributed by atoms with Crippen LogP contribution in [0.1, 0.15) is 53.1 Å². The predicted molar refractivity (Wildman–Crippen MR) is 85.9 cm³/mol. The molecule has 0 spiro atoms. The second-order valence-corrected chi connectivity index (χ2v) is 5.98. The van der Waals surface area contributed by atoms with Crippen LogP contribution in [0.15, 0.2) is 24.7 Å². The fourth-order valence-electron chi connectivity index (χ4n) is 3.05. The third kappa shape index (κ3) is 3.17. The maximum atomic E-state index is 12.7. The number of aromatic carboxylic acids is 1. The first kappa shape index (κ1) is 16.2. The van der Waals surface area contributed by atoms with Gasteiger partial charge in [0.2, 0.25) is 0 Å². The van der Waals surface area contributed by atoms with Crippen molar-refractivity contribution in [3.8, 4) is 0 Å². The van der Waals surface area contributed by atoms with Gasteiger partial charge in [0, 0.05) is 32.0 Å². The summed E-state index contributed by atoms with van der Waals surface area (Å²) in [5.74, 6) is -0.968. The van der Waals surface area contributed by atoms with E-state index in [0.29, 0.717) is 18.8 Å². The van der Waals surface area contributed by atoms with Crippen LogP contribution in [0, 0.1) is 0 Å². The number of piperidine rings is 1. The number of rotatable bonds is 5. The molecule has 1 aliphatic heterocycles. The molecule has 128 valence electrons. The molecular formula is C16H21N5O3. The van der Waals surface area contributed by atoms with Gasteiger partial charge >= 0.3 is 5.97 Å². The van der Waals surface area contributed by atoms with Gasteiger partial charge in [-0.2, -0.15) is 10.2 Å². The molecule has 2 aromatic heterocycles. The summed E-state index contributed by atoms with van der Waals surface area (Å²) in [5, 5.41) is 17.3. The number of likely N-dealkylation sites (tertiary alicyclic amines) is 1. The highest BCUT2D eigenvalue weighted by molar-refractivity contribution is 5.92. The number of carbonyl (C=O) groups is 2. The summed E-state index contributed by atoms with van der Waals surface area (Å²) in [6.07, 6.45) is 7.02. The Morgan fingerprint density at radius 2 is 2.04 bits per heavy atom. The van der Waals surface area contributed by atoms with Crippen molar-refractivity contribution in [1.82, 2.24) is 24.5 Å². The quantitative estimate of drug-likeness (QED) is 0.899. The first-order chi connectivity index (χ1) is 11.6. The van der Waals surface area contributed by atoms with E-state index in [2.05, 4.69) is 17.1 Å². The second-order valence-electron chi connectivity index (χ2n) is 5.98. The minimum Gasteiger partial charge on any atom is -0.478 e. The Hall–Kier alpha value is -2.64. The van der Waals surface area contributed by atoms with Gasteiger partial charge in [0.25, 0.3) is 5.91 Å². The van der Waals surface area contributed by atoms with E-state index in [4.69, 9.17) is 5.11 Å². The van der Waals surface area contributed by atoms with E-state index in [1.165, 1.54) is 6.20 Å². The highest BCUT2D eigenvalue weighted by Crippen LogP contribution is 2.23. The number of aryl methyl sites for hydroxylation is 1. The number of carboxylic acids is 1. The van der Waals surface area contributed by atoms with E-state index < -0.39 is 5.97 Å². The van der Waals surface area contributed by atoms with E-state index in [-0.39, 0.29) is 17.5 Å². The molecule has 0 aromatic carbocycles. The van der Waals surface area contributed by atoms with E-state index in [1.54, 1.807) is 27.8 Å². The van der Waals surface area contributed by atoms with E-state index in [1.807, 2.05) is 4.90 Å². The van der Waals surface area contributed by atoms with Crippen molar-refractivity contribution in [2.75, 3.05) is 13.1 Å². The molecule has 0 radical (unpaired) electrons. The van der Waals surface area contributed by atoms with Crippen LogP contribution in [-0.2, 0) is 6.54 Å². The minimum atomic E-state index is -0.974. The smallest absolute Gasteiger partial charge is 0.338 e. The monoisotopic (exact) mass is 331 g/mol. The molecule has 3 rings (SSSR count). The van der Waals surface area contributed by atoms with Crippen molar-refractivity contribution in [3.05, 3.63) is 35.9 Å². The fourth-order valence-corrected chi connectivity index (χ4v) is 3.05. The number of amides is 1. The summed E-state index contributed by atoms with van der Waals surface area (Å²) in [6.45, 7) is 4.04. The highest BCUT2D eigenvalue weighted by atomic mass is 16.4. The van der Waals surface area contributed by atoms with Crippen LogP contribution in [0.3, 0.4) is 0 Å². The number of aromatic nitrogens is 4. The van der Waals surface area contributed by atoms with Crippen LogP contribution in [-0.4, -0.2) is 54.5 Å². The lowest BCUT2D eigenvalue weighted by atomic mass is 10.0. The summed E-state index contributed by atoms with van der Waals surface area (Å²) in [4.78, 5) is 25.4. The van der Waals surface area contributed by atoms with Crippen molar-refractivity contribution >= 4 is 11.9 Å². The van der Waals surface area contributed by atoms with E-state index in [0.717, 1.165) is 25.8 Å². The molecule has 24 heavy (non-hydrogen) atoms. The van der Waals surface area contributed by atoms with Crippen LogP contribution in [0.25, 0.3) is 0 Å². The fraction of sp³-hybridized carbons (Fsp3) is 0.500. The molecule has 1 aliphatic rings. The van der Waals surface area contributed by atoms with Gasteiger partial charge in [-0.1, -0.05) is 6.92 Å². The van der Waals surface area contributed by atoms with Gasteiger partial charge in [-0.3, -0.25) is 14.2 Å². The Morgan fingerprint density at radius 3 is 2.67 bits per heavy atom. The van der Waals surface area contributed by atoms with E-state index in [9.17, 15) is 9.59 Å². The zero-order chi connectivity index (χ0) is 17.1. The van der Waals surface area contributed by atoms with Gasteiger partial charge < -0.3 is 10.0 Å². The Bertz CT molecular complexity index is 728. The molecule has 0 atom stereocenters. The number of hydrogen-bond acceptors (Lipinski definition) is 4. The first-order valence-electron chi connectivity index (χ1n) is 8.18. The van der Waals surface area contributed by atoms with Crippen molar-refractivity contribution in [1.29, 1.82) is 0 Å². The summed E-state index contributed by atoms with van der Waals surface area (Å²) in [5.41, 5.74) is 0.819. The zero-order valence-electron chi connectivity index (χ0n) is 13.6. The molecule has 1 saturated heterocycles. The van der Waals surface area contributed by atoms with Crippen molar-refractivity contribution in [3.63, 3.8) is 0 Å². The van der Waals surface area contributed by atoms with Gasteiger partial charge in [0.15, 0.2) is 0 Å². The van der Waals surface area contributed by atoms with Crippen LogP contribution < -0.4 is 0 Å². The normalized spacial score (nSPS) is 15.6. The van der Waals surface area contributed by atoms with E-state index >= 15 is 0 Å². The van der Waals surface area contributed by atoms with Crippen molar-refractivity contribution < 1.29 is 14.7 Å². The maximum absolute atomic E-state index is 12.7. The number of carbonyl (C=O) groups excluding carboxylic acids is 1. The minimum absolute atomic E-state index is 0.00564. The highest BCUT2D eigenvalue weighted by Gasteiger charge is 2.27. The summed E-state index contributed by atoms with van der Waals surface area (Å²) in [7, 11) is 0. The molecule has 1 fully saturated rings. The third-order valence-corrected chi connectivity index (χ3v) is 4.35. The number of carboxylic acid groups (broad SMARTS) is 1. The number of hydrogen-bond donors (Lipinski definition) is 1. The van der Waals surface area contributed by atoms with Gasteiger partial charge in [-0.25, -0.2) is 4.79 Å². The lowest BCUT2D eigenvalue weighted by molar-refractivity contribution is 0.0676. The molecule has 0 unspecified atom stereocenters. The molecule has 3 heterocycles. The topological polar surface area (TPSA) is 93.2 Å². The van der Waals surface area contributed by atoms with Gasteiger partial charge in [-0.05, 0) is 25.3 Å². The molecule has 0 bridgehead atoms. The first-order valence-corrected chi connectivity index (χ1v) is 8.18. The zero-order valence-corrected chi connectivity index (χ0v) is 13.6. The molecule has 2 aromatic rings. The molecule has 1 N–H and O–H groups in total. The summed E-state index contributed by atoms with van der Waals surface area (Å²) < 4.78 is 3.45. The Labute approximate surface area is 139 Å². The van der Waals surface area contributed by atoms with Crippen LogP contribution in [0.5, 0.6) is 0 Å². The van der Waals surface area contributed by atoms with Crippen LogP contribution in [0.4, 0.5) is 0 Å². The van der Waals surface area contributed by atoms with Gasteiger partial charge in [0.1, 0.15) is 5.69 Å². The third-order valence-electron chi connectivity index (χ3n) is 4.35. The predicted octanol–water partition coefficient (Wildman–Crippen LogP) is 1.67. The average Bonchev–Trinajstić information content (AvgIpc) is 3.24. The van der Waals surface area contributed by atoms with Crippen LogP contribution in [0.2, 0.25) is 0 Å². The molecule has 0 aliphatic carbocycles. The average molecular weight is 331 g/mol. The van der Waals surface area contributed by atoms with Gasteiger partial charge in [0.05, 0.1) is 17.8 Å². The molecule has 1 amide bonds. The Kier molecular flexibility index (Phi) is 4.64. The van der Waals surface area contributed by atoms with Crippen molar-refractivity contribution in [2.24, 2.45) is 0 Å². The SMILES string of the molecule is CCCn1nccc1C(=O)N1CCC(n2cc(C(=O)O)cn2)CC1. The largest absolute Gasteiger partial charge is 0.478 e. The standard InChI is InChI=1S/C16H21N5O3/c1-2-7-20-14(3-6-17-20)15(22)19-8-4-13(5-9-19)21-11-12(10-18-21)16(23)24/h3,6,10-11,13H,2,4-5,7-9H2,1H3,(H,23,24). The molecule has 0 saturated carbocycles. The molecule has 8 heteroatoms. The second kappa shape index (κ2) is 6.86.